The van der Waals surface area contributed by atoms with Gasteiger partial charge in [-0.05, 0) is 62.2 Å². The Hall–Kier alpha value is -4.72. The van der Waals surface area contributed by atoms with Gasteiger partial charge in [0.25, 0.3) is 11.1 Å². The van der Waals surface area contributed by atoms with Gasteiger partial charge in [-0.2, -0.15) is 0 Å². The molecule has 8 heteroatoms. The lowest BCUT2D eigenvalue weighted by Gasteiger charge is -2.18. The van der Waals surface area contributed by atoms with Gasteiger partial charge in [-0.3, -0.25) is 19.8 Å². The molecule has 2 heterocycles. The van der Waals surface area contributed by atoms with Gasteiger partial charge in [0.05, 0.1) is 36.2 Å². The third-order valence-corrected chi connectivity index (χ3v) is 6.82. The summed E-state index contributed by atoms with van der Waals surface area (Å²) >= 11 is 0. The van der Waals surface area contributed by atoms with Crippen LogP contribution in [0.5, 0.6) is 11.5 Å². The molecule has 3 aromatic carbocycles. The van der Waals surface area contributed by atoms with Gasteiger partial charge in [-0.25, -0.2) is 9.36 Å². The minimum absolute atomic E-state index is 0.222. The van der Waals surface area contributed by atoms with Crippen LogP contribution in [0.1, 0.15) is 47.3 Å². The van der Waals surface area contributed by atoms with Crippen LogP contribution in [0.25, 0.3) is 11.4 Å². The number of aromatic nitrogens is 4. The van der Waals surface area contributed by atoms with E-state index in [0.717, 1.165) is 12.0 Å². The molecule has 0 saturated heterocycles. The van der Waals surface area contributed by atoms with Crippen molar-refractivity contribution in [1.82, 2.24) is 19.6 Å². The first kappa shape index (κ1) is 25.9. The molecule has 0 fully saturated rings. The molecule has 39 heavy (non-hydrogen) atoms. The lowest BCUT2D eigenvalue weighted by Crippen LogP contribution is -2.25. The van der Waals surface area contributed by atoms with E-state index >= 15 is 0 Å². The minimum Gasteiger partial charge on any atom is -0.493 e. The summed E-state index contributed by atoms with van der Waals surface area (Å²) in [6.45, 7) is 6.31. The lowest BCUT2D eigenvalue weighted by molar-refractivity contribution is 0.294. The van der Waals surface area contributed by atoms with Crippen molar-refractivity contribution in [2.45, 2.75) is 33.1 Å². The second kappa shape index (κ2) is 10.9. The highest BCUT2D eigenvalue weighted by Gasteiger charge is 2.31. The zero-order valence-electron chi connectivity index (χ0n) is 22.5. The van der Waals surface area contributed by atoms with Crippen molar-refractivity contribution in [1.29, 1.82) is 0 Å². The molecule has 200 valence electrons. The fourth-order valence-corrected chi connectivity index (χ4v) is 4.99. The van der Waals surface area contributed by atoms with Crippen molar-refractivity contribution in [3.8, 4) is 22.9 Å². The Morgan fingerprint density at radius 1 is 0.744 bits per heavy atom. The van der Waals surface area contributed by atoms with E-state index in [1.165, 1.54) is 9.36 Å². The van der Waals surface area contributed by atoms with Crippen LogP contribution < -0.4 is 20.6 Å². The van der Waals surface area contributed by atoms with E-state index in [4.69, 9.17) is 9.47 Å². The maximum absolute atomic E-state index is 14.0. The summed E-state index contributed by atoms with van der Waals surface area (Å²) < 4.78 is 14.6. The average molecular weight is 525 g/mol. The number of nitrogens with one attached hydrogen (secondary N) is 2. The Bertz CT molecular complexity index is 1600. The van der Waals surface area contributed by atoms with Crippen molar-refractivity contribution in [2.24, 2.45) is 0 Å². The highest BCUT2D eigenvalue weighted by Crippen LogP contribution is 2.37. The zero-order valence-corrected chi connectivity index (χ0v) is 22.5. The van der Waals surface area contributed by atoms with E-state index in [2.05, 4.69) is 10.2 Å². The van der Waals surface area contributed by atoms with E-state index in [1.807, 2.05) is 99.6 Å². The number of H-pyrrole nitrogens is 2. The molecule has 5 rings (SSSR count). The first-order valence-electron chi connectivity index (χ1n) is 13.0. The van der Waals surface area contributed by atoms with E-state index in [1.54, 1.807) is 7.11 Å². The first-order valence-corrected chi connectivity index (χ1v) is 13.0. The molecule has 0 bridgehead atoms. The van der Waals surface area contributed by atoms with Crippen molar-refractivity contribution >= 4 is 0 Å². The summed E-state index contributed by atoms with van der Waals surface area (Å²) in [6.07, 6.45) is 0.858. The van der Waals surface area contributed by atoms with Gasteiger partial charge in [-0.1, -0.05) is 49.4 Å². The molecular formula is C31H32N4O4. The molecule has 0 radical (unpaired) electrons. The molecular weight excluding hydrogens is 492 g/mol. The first-order chi connectivity index (χ1) is 18.9. The SMILES string of the molecule is CCCOc1ccc(C(c2c(C)[nH]n(-c3ccccc3)c2=O)c2c(C)[nH]n(-c3ccccc3)c2=O)cc1OC. The van der Waals surface area contributed by atoms with E-state index in [-0.39, 0.29) is 11.1 Å². The Kier molecular flexibility index (Phi) is 7.27. The van der Waals surface area contributed by atoms with Gasteiger partial charge in [0, 0.05) is 17.3 Å². The average Bonchev–Trinajstić information content (AvgIpc) is 3.43. The highest BCUT2D eigenvalue weighted by molar-refractivity contribution is 5.52. The summed E-state index contributed by atoms with van der Waals surface area (Å²) in [4.78, 5) is 28.0. The molecule has 2 N–H and O–H groups in total. The molecule has 0 atom stereocenters. The fraction of sp³-hybridized carbons (Fsp3) is 0.226. The standard InChI is InChI=1S/C31H32N4O4/c1-5-18-39-25-17-16-22(19-26(25)38-4)29(27-20(2)32-34(30(27)36)23-12-8-6-9-13-23)28-21(3)33-35(31(28)37)24-14-10-7-11-15-24/h6-17,19,29,32-33H,5,18H2,1-4H3. The predicted molar refractivity (Wildman–Crippen MR) is 152 cm³/mol. The van der Waals surface area contributed by atoms with E-state index in [9.17, 15) is 9.59 Å². The van der Waals surface area contributed by atoms with Crippen LogP contribution in [0.4, 0.5) is 0 Å². The molecule has 0 amide bonds. The van der Waals surface area contributed by atoms with Crippen LogP contribution in [0.2, 0.25) is 0 Å². The van der Waals surface area contributed by atoms with Gasteiger partial charge in [0.15, 0.2) is 11.5 Å². The molecule has 0 saturated carbocycles. The maximum Gasteiger partial charge on any atom is 0.275 e. The number of aryl methyl sites for hydroxylation is 2. The summed E-state index contributed by atoms with van der Waals surface area (Å²) in [6, 6.07) is 24.4. The quantitative estimate of drug-likeness (QED) is 0.276. The van der Waals surface area contributed by atoms with Gasteiger partial charge >= 0.3 is 0 Å². The summed E-state index contributed by atoms with van der Waals surface area (Å²) in [5.41, 5.74) is 4.05. The second-order valence-corrected chi connectivity index (χ2v) is 9.44. The molecule has 0 spiro atoms. The zero-order chi connectivity index (χ0) is 27.5. The second-order valence-electron chi connectivity index (χ2n) is 9.44. The number of para-hydroxylation sites is 2. The molecule has 0 aliphatic rings. The number of nitrogens with zero attached hydrogens (tertiary/aromatic N) is 2. The molecule has 0 aliphatic carbocycles. The maximum atomic E-state index is 14.0. The Balaban J connectivity index is 1.76. The number of rotatable bonds is 9. The third kappa shape index (κ3) is 4.81. The fourth-order valence-electron chi connectivity index (χ4n) is 4.99. The Morgan fingerprint density at radius 2 is 1.26 bits per heavy atom. The molecule has 5 aromatic rings. The minimum atomic E-state index is -0.665. The number of methoxy groups -OCH3 is 1. The van der Waals surface area contributed by atoms with Gasteiger partial charge in [-0.15, -0.1) is 0 Å². The van der Waals surface area contributed by atoms with Crippen molar-refractivity contribution in [3.63, 3.8) is 0 Å². The van der Waals surface area contributed by atoms with Gasteiger partial charge in [0.1, 0.15) is 0 Å². The van der Waals surface area contributed by atoms with Crippen molar-refractivity contribution in [2.75, 3.05) is 13.7 Å². The smallest absolute Gasteiger partial charge is 0.275 e. The Morgan fingerprint density at radius 3 is 1.72 bits per heavy atom. The number of hydrogen-bond donors (Lipinski definition) is 2. The number of aromatic amines is 2. The Labute approximate surface area is 226 Å². The predicted octanol–water partition coefficient (Wildman–Crippen LogP) is 5.24. The molecule has 0 aliphatic heterocycles. The normalized spacial score (nSPS) is 11.2. The number of hydrogen-bond acceptors (Lipinski definition) is 4. The van der Waals surface area contributed by atoms with Crippen LogP contribution in [0.3, 0.4) is 0 Å². The van der Waals surface area contributed by atoms with Crippen LogP contribution in [0, 0.1) is 13.8 Å². The van der Waals surface area contributed by atoms with Crippen LogP contribution in [0.15, 0.2) is 88.5 Å². The van der Waals surface area contributed by atoms with E-state index in [0.29, 0.717) is 52.0 Å². The van der Waals surface area contributed by atoms with Gasteiger partial charge in [0.2, 0.25) is 0 Å². The van der Waals surface area contributed by atoms with Crippen molar-refractivity contribution in [3.05, 3.63) is 128 Å². The topological polar surface area (TPSA) is 94.0 Å². The summed E-state index contributed by atoms with van der Waals surface area (Å²) in [5.74, 6) is 0.488. The van der Waals surface area contributed by atoms with E-state index < -0.39 is 5.92 Å². The van der Waals surface area contributed by atoms with Crippen LogP contribution in [-0.2, 0) is 0 Å². The largest absolute Gasteiger partial charge is 0.493 e. The monoisotopic (exact) mass is 524 g/mol. The third-order valence-electron chi connectivity index (χ3n) is 6.82. The van der Waals surface area contributed by atoms with Crippen molar-refractivity contribution < 1.29 is 9.47 Å². The highest BCUT2D eigenvalue weighted by atomic mass is 16.5. The molecule has 0 unspecified atom stereocenters. The van der Waals surface area contributed by atoms with Gasteiger partial charge < -0.3 is 9.47 Å². The molecule has 2 aromatic heterocycles. The summed E-state index contributed by atoms with van der Waals surface area (Å²) in [7, 11) is 1.58. The van der Waals surface area contributed by atoms with Crippen LogP contribution >= 0.6 is 0 Å². The summed E-state index contributed by atoms with van der Waals surface area (Å²) in [5, 5.41) is 6.45. The lowest BCUT2D eigenvalue weighted by atomic mass is 9.85. The van der Waals surface area contributed by atoms with Crippen LogP contribution in [-0.4, -0.2) is 33.3 Å². The molecule has 8 nitrogen and oxygen atoms in total. The number of benzene rings is 3. The number of ether oxygens (including phenoxy) is 2.